The van der Waals surface area contributed by atoms with Gasteiger partial charge in [-0.25, -0.2) is 0 Å². The highest BCUT2D eigenvalue weighted by Gasteiger charge is 2.30. The molecule has 0 saturated carbocycles. The van der Waals surface area contributed by atoms with E-state index in [0.29, 0.717) is 57.3 Å². The van der Waals surface area contributed by atoms with Crippen molar-refractivity contribution in [3.63, 3.8) is 0 Å². The van der Waals surface area contributed by atoms with Gasteiger partial charge in [0.25, 0.3) is 11.8 Å². The summed E-state index contributed by atoms with van der Waals surface area (Å²) in [6, 6.07) is 16.9. The molecule has 2 aliphatic heterocycles. The number of benzene rings is 3. The smallest absolute Gasteiger partial charge is 0.256 e. The molecule has 0 unspecified atom stereocenters. The fraction of sp³-hybridized carbons (Fsp3) is 0.286. The van der Waals surface area contributed by atoms with E-state index in [1.165, 1.54) is 11.3 Å². The first-order valence-electron chi connectivity index (χ1n) is 15.5. The van der Waals surface area contributed by atoms with Crippen molar-refractivity contribution in [3.8, 4) is 5.75 Å². The summed E-state index contributed by atoms with van der Waals surface area (Å²) in [7, 11) is 0. The van der Waals surface area contributed by atoms with E-state index in [4.69, 9.17) is 9.84 Å². The molecule has 2 aliphatic rings. The minimum atomic E-state index is -0.552. The number of carbonyl (C=O) groups is 4. The molecule has 1 atom stereocenters. The molecule has 3 amide bonds. The number of ether oxygens (including phenoxy) is 1. The van der Waals surface area contributed by atoms with Crippen molar-refractivity contribution < 1.29 is 34.1 Å². The van der Waals surface area contributed by atoms with Crippen molar-refractivity contribution in [2.24, 2.45) is 4.99 Å². The maximum absolute atomic E-state index is 13.2. The number of hydrogen-bond acceptors (Lipinski definition) is 9. The number of ketones is 1. The number of aliphatic imine (C=N–C) groups is 1. The molecule has 4 N–H and O–H groups in total. The van der Waals surface area contributed by atoms with Crippen LogP contribution in [0.15, 0.2) is 65.7 Å². The van der Waals surface area contributed by atoms with Gasteiger partial charge in [-0.15, -0.1) is 11.3 Å². The normalized spacial score (nSPS) is 15.5. The summed E-state index contributed by atoms with van der Waals surface area (Å²) < 4.78 is 6.79. The fourth-order valence-electron chi connectivity index (χ4n) is 5.72. The Bertz CT molecular complexity index is 1870. The lowest BCUT2D eigenvalue weighted by Gasteiger charge is -2.32. The van der Waals surface area contributed by atoms with E-state index in [-0.39, 0.29) is 49.2 Å². The zero-order valence-electron chi connectivity index (χ0n) is 25.5. The van der Waals surface area contributed by atoms with Gasteiger partial charge in [-0.3, -0.25) is 24.2 Å². The van der Waals surface area contributed by atoms with Crippen LogP contribution in [0.4, 0.5) is 17.1 Å². The lowest BCUT2D eigenvalue weighted by molar-refractivity contribution is -0.116. The summed E-state index contributed by atoms with van der Waals surface area (Å²) in [6.45, 7) is 0.0661. The van der Waals surface area contributed by atoms with Crippen LogP contribution in [0.5, 0.6) is 5.75 Å². The van der Waals surface area contributed by atoms with Gasteiger partial charge in [0, 0.05) is 52.4 Å². The molecule has 12 heteroatoms. The summed E-state index contributed by atoms with van der Waals surface area (Å²) in [5.41, 5.74) is 2.97. The third kappa shape index (κ3) is 7.25. The van der Waals surface area contributed by atoms with Crippen LogP contribution < -0.4 is 15.4 Å². The van der Waals surface area contributed by atoms with Crippen LogP contribution in [0.25, 0.3) is 10.1 Å². The summed E-state index contributed by atoms with van der Waals surface area (Å²) >= 11 is 1.29. The number of Topliss-reactive ketones (excluding diaryl/α,β-unsaturated/α-hetero) is 1. The van der Waals surface area contributed by atoms with Crippen LogP contribution in [0.3, 0.4) is 0 Å². The molecule has 11 nitrogen and oxygen atoms in total. The molecular formula is C35H34N4O7S. The van der Waals surface area contributed by atoms with E-state index in [0.717, 1.165) is 29.3 Å². The largest absolute Gasteiger partial charge is 0.493 e. The summed E-state index contributed by atoms with van der Waals surface area (Å²) in [5, 5.41) is 25.5. The standard InChI is InChI=1S/C35H34N4O7S/c40-19-23-15-27-28(36-18-26-4-1-2-12-39(26)35(27)45)17-30(23)46-13-3-5-33(43)37-24-8-6-21(7-9-24)34(44)38-25-10-11-31-22(14-25)16-32(47-31)29(42)20-41/h6-11,14-18,26,40-41H,1-5,12-13,19-20H2,(H,37,43)(H,38,44)/t26-/m0/s1. The number of nitrogens with zero attached hydrogens (tertiary/aromatic N) is 2. The number of anilines is 2. The number of piperidine rings is 1. The molecule has 1 aromatic heterocycles. The number of carbonyl (C=O) groups excluding carboxylic acids is 4. The average Bonchev–Trinajstić information content (AvgIpc) is 3.46. The van der Waals surface area contributed by atoms with Gasteiger partial charge in [-0.1, -0.05) is 0 Å². The zero-order valence-corrected chi connectivity index (χ0v) is 26.3. The molecular weight excluding hydrogens is 620 g/mol. The highest BCUT2D eigenvalue weighted by Crippen LogP contribution is 2.34. The van der Waals surface area contributed by atoms with Gasteiger partial charge in [0.15, 0.2) is 5.78 Å². The topological polar surface area (TPSA) is 158 Å². The molecule has 242 valence electrons. The zero-order chi connectivity index (χ0) is 32.9. The van der Waals surface area contributed by atoms with Crippen molar-refractivity contribution in [3.05, 3.63) is 82.2 Å². The Labute approximate surface area is 274 Å². The van der Waals surface area contributed by atoms with Crippen molar-refractivity contribution in [2.75, 3.05) is 30.4 Å². The second-order valence-electron chi connectivity index (χ2n) is 11.5. The van der Waals surface area contributed by atoms with Crippen molar-refractivity contribution >= 4 is 68.2 Å². The molecule has 0 radical (unpaired) electrons. The Morgan fingerprint density at radius 1 is 0.979 bits per heavy atom. The Hall–Kier alpha value is -4.91. The maximum atomic E-state index is 13.2. The highest BCUT2D eigenvalue weighted by molar-refractivity contribution is 7.20. The summed E-state index contributed by atoms with van der Waals surface area (Å²) in [5.74, 6) is -0.544. The number of thiophene rings is 1. The van der Waals surface area contributed by atoms with Crippen molar-refractivity contribution in [2.45, 2.75) is 44.8 Å². The third-order valence-electron chi connectivity index (χ3n) is 8.20. The predicted octanol–water partition coefficient (Wildman–Crippen LogP) is 5.33. The molecule has 4 aromatic rings. The van der Waals surface area contributed by atoms with Gasteiger partial charge in [0.1, 0.15) is 12.4 Å². The Kier molecular flexibility index (Phi) is 9.71. The van der Waals surface area contributed by atoms with Gasteiger partial charge < -0.3 is 30.5 Å². The highest BCUT2D eigenvalue weighted by atomic mass is 32.1. The van der Waals surface area contributed by atoms with E-state index in [1.54, 1.807) is 54.6 Å². The Morgan fingerprint density at radius 3 is 2.57 bits per heavy atom. The quantitative estimate of drug-likeness (QED) is 0.126. The average molecular weight is 655 g/mol. The number of nitrogens with one attached hydrogen (secondary N) is 2. The van der Waals surface area contributed by atoms with Gasteiger partial charge in [0.05, 0.1) is 35.4 Å². The summed E-state index contributed by atoms with van der Waals surface area (Å²) in [6.07, 6.45) is 5.32. The van der Waals surface area contributed by atoms with E-state index >= 15 is 0 Å². The van der Waals surface area contributed by atoms with Gasteiger partial charge in [0.2, 0.25) is 5.91 Å². The second-order valence-corrected chi connectivity index (χ2v) is 12.5. The van der Waals surface area contributed by atoms with E-state index in [1.807, 2.05) is 17.2 Å². The molecule has 1 saturated heterocycles. The minimum absolute atomic E-state index is 0.0213. The van der Waals surface area contributed by atoms with Crippen molar-refractivity contribution in [1.82, 2.24) is 4.90 Å². The number of fused-ring (bicyclic) bond motifs is 3. The fourth-order valence-corrected chi connectivity index (χ4v) is 6.69. The number of amides is 3. The van der Waals surface area contributed by atoms with E-state index in [9.17, 15) is 24.3 Å². The first-order valence-corrected chi connectivity index (χ1v) is 16.3. The molecule has 0 aliphatic carbocycles. The molecule has 6 rings (SSSR count). The molecule has 0 bridgehead atoms. The van der Waals surface area contributed by atoms with Crippen molar-refractivity contribution in [1.29, 1.82) is 0 Å². The second kappa shape index (κ2) is 14.2. The Balaban J connectivity index is 0.992. The first kappa shape index (κ1) is 32.0. The third-order valence-corrected chi connectivity index (χ3v) is 9.36. The van der Waals surface area contributed by atoms with Crippen LogP contribution in [-0.2, 0) is 11.4 Å². The number of rotatable bonds is 11. The number of aliphatic hydroxyl groups is 2. The van der Waals surface area contributed by atoms with Crippen LogP contribution in [0, 0.1) is 0 Å². The van der Waals surface area contributed by atoms with E-state index in [2.05, 4.69) is 15.6 Å². The SMILES string of the molecule is O=C(CCCOc1cc2c(cc1CO)C(=O)N1CCCC[C@H]1C=N2)Nc1ccc(C(=O)Nc2ccc3sc(C(=O)CO)cc3c2)cc1. The number of hydrogen-bond donors (Lipinski definition) is 4. The first-order chi connectivity index (χ1) is 22.8. The molecule has 0 spiro atoms. The van der Waals surface area contributed by atoms with Crippen LogP contribution in [-0.4, -0.2) is 70.6 Å². The Morgan fingerprint density at radius 2 is 1.79 bits per heavy atom. The number of aliphatic hydroxyl groups excluding tert-OH is 2. The van der Waals surface area contributed by atoms with Gasteiger partial charge in [-0.05, 0) is 85.7 Å². The van der Waals surface area contributed by atoms with Gasteiger partial charge in [-0.2, -0.15) is 0 Å². The predicted molar refractivity (Wildman–Crippen MR) is 180 cm³/mol. The molecule has 1 fully saturated rings. The minimum Gasteiger partial charge on any atom is -0.493 e. The van der Waals surface area contributed by atoms with Crippen LogP contribution in [0.1, 0.15) is 68.1 Å². The molecule has 3 heterocycles. The summed E-state index contributed by atoms with van der Waals surface area (Å²) in [4.78, 5) is 57.2. The van der Waals surface area contributed by atoms with Gasteiger partial charge >= 0.3 is 0 Å². The monoisotopic (exact) mass is 654 g/mol. The van der Waals surface area contributed by atoms with E-state index < -0.39 is 6.61 Å². The lowest BCUT2D eigenvalue weighted by Crippen LogP contribution is -2.43. The van der Waals surface area contributed by atoms with Crippen LogP contribution >= 0.6 is 11.3 Å². The maximum Gasteiger partial charge on any atom is 0.256 e. The lowest BCUT2D eigenvalue weighted by atomic mass is 10.0. The van der Waals surface area contributed by atoms with Crippen LogP contribution in [0.2, 0.25) is 0 Å². The molecule has 47 heavy (non-hydrogen) atoms. The molecule has 3 aromatic carbocycles.